The molecule has 0 N–H and O–H groups in total. The Hall–Kier alpha value is -2.49. The average molecular weight is 596 g/mol. The number of aryl methyl sites for hydroxylation is 3. The van der Waals surface area contributed by atoms with E-state index in [2.05, 4.69) is 67.8 Å². The van der Waals surface area contributed by atoms with Crippen molar-refractivity contribution in [1.82, 2.24) is 19.9 Å². The molecule has 0 radical (unpaired) electrons. The van der Waals surface area contributed by atoms with E-state index < -0.39 is 0 Å². The van der Waals surface area contributed by atoms with E-state index in [0.29, 0.717) is 25.6 Å². The molecule has 2 aliphatic rings. The largest absolute Gasteiger partial charge is 0.491 e. The first-order valence-corrected chi connectivity index (χ1v) is 14.7. The van der Waals surface area contributed by atoms with Gasteiger partial charge in [-0.3, -0.25) is 4.99 Å². The summed E-state index contributed by atoms with van der Waals surface area (Å²) < 4.78 is 7.23. The van der Waals surface area contributed by atoms with E-state index in [1.807, 2.05) is 34.3 Å². The first-order chi connectivity index (χ1) is 18.2. The maximum Gasteiger partial charge on any atom is 0.147 e. The van der Waals surface area contributed by atoms with Gasteiger partial charge in [0, 0.05) is 36.8 Å². The quantitative estimate of drug-likeness (QED) is 0.362. The zero-order valence-corrected chi connectivity index (χ0v) is 25.4. The second-order valence-electron chi connectivity index (χ2n) is 10.4. The fraction of sp³-hybridized carbons (Fsp3) is 0.448. The van der Waals surface area contributed by atoms with Crippen LogP contribution in [0.3, 0.4) is 0 Å². The number of ether oxygens (including phenoxy) is 1. The van der Waals surface area contributed by atoms with Crippen molar-refractivity contribution in [2.45, 2.75) is 51.7 Å². The van der Waals surface area contributed by atoms with E-state index in [1.54, 1.807) is 11.8 Å². The highest BCUT2D eigenvalue weighted by Crippen LogP contribution is 2.38. The van der Waals surface area contributed by atoms with Gasteiger partial charge in [0.05, 0.1) is 28.3 Å². The van der Waals surface area contributed by atoms with Crippen molar-refractivity contribution in [3.05, 3.63) is 57.1 Å². The normalized spacial score (nSPS) is 18.6. The number of thioether (sulfide) groups is 1. The van der Waals surface area contributed by atoms with Crippen LogP contribution in [0, 0.1) is 19.8 Å². The Bertz CT molecular complexity index is 1390. The lowest BCUT2D eigenvalue weighted by molar-refractivity contribution is 0.329. The van der Waals surface area contributed by atoms with Gasteiger partial charge < -0.3 is 14.5 Å². The monoisotopic (exact) mass is 594 g/mol. The molecule has 4 heterocycles. The third kappa shape index (κ3) is 5.60. The Balaban J connectivity index is 1.49. The standard InChI is InChI=1S/C29H35BrN6OS/c1-17-7-8-20-12-22(14-32-29(20)38-28(17)31-4)21-11-18(2)26-23(13-21)15-36(9-10-37-26)27-25(30)19(3)33-24(34-27)16-35(5)6/h11-14,17H,7-10,15-16H2,1-6H3. The summed E-state index contributed by atoms with van der Waals surface area (Å²) in [5.41, 5.74) is 6.86. The molecular weight excluding hydrogens is 560 g/mol. The molecule has 0 bridgehead atoms. The van der Waals surface area contributed by atoms with Gasteiger partial charge in [0.25, 0.3) is 0 Å². The molecule has 200 valence electrons. The second kappa shape index (κ2) is 11.3. The lowest BCUT2D eigenvalue weighted by atomic mass is 9.97. The Morgan fingerprint density at radius 1 is 1.16 bits per heavy atom. The molecule has 0 saturated heterocycles. The number of halogens is 1. The van der Waals surface area contributed by atoms with Gasteiger partial charge in [0.1, 0.15) is 29.0 Å². The number of rotatable bonds is 4. The average Bonchev–Trinajstić information content (AvgIpc) is 3.19. The maximum absolute atomic E-state index is 6.29. The molecular formula is C29H35BrN6OS. The lowest BCUT2D eigenvalue weighted by Crippen LogP contribution is -2.28. The van der Waals surface area contributed by atoms with E-state index >= 15 is 0 Å². The molecule has 1 aromatic carbocycles. The number of nitrogens with zero attached hydrogens (tertiary/aromatic N) is 6. The van der Waals surface area contributed by atoms with Crippen LogP contribution in [0.1, 0.15) is 41.6 Å². The summed E-state index contributed by atoms with van der Waals surface area (Å²) in [5.74, 6) is 3.17. The number of aromatic nitrogens is 3. The molecule has 38 heavy (non-hydrogen) atoms. The predicted octanol–water partition coefficient (Wildman–Crippen LogP) is 6.08. The minimum Gasteiger partial charge on any atom is -0.491 e. The van der Waals surface area contributed by atoms with Crippen LogP contribution < -0.4 is 9.64 Å². The third-order valence-corrected chi connectivity index (χ3v) is 9.36. The summed E-state index contributed by atoms with van der Waals surface area (Å²) in [6.07, 6.45) is 4.11. The van der Waals surface area contributed by atoms with Crippen molar-refractivity contribution in [1.29, 1.82) is 0 Å². The highest BCUT2D eigenvalue weighted by atomic mass is 79.9. The zero-order valence-electron chi connectivity index (χ0n) is 23.0. The highest BCUT2D eigenvalue weighted by molar-refractivity contribution is 9.10. The van der Waals surface area contributed by atoms with Gasteiger partial charge in [-0.05, 0) is 91.6 Å². The molecule has 0 spiro atoms. The van der Waals surface area contributed by atoms with Crippen LogP contribution in [0.15, 0.2) is 38.9 Å². The number of aliphatic imine (C=N–C) groups is 1. The topological polar surface area (TPSA) is 66.7 Å². The number of benzene rings is 1. The van der Waals surface area contributed by atoms with Crippen molar-refractivity contribution >= 4 is 38.6 Å². The minimum absolute atomic E-state index is 0.462. The highest BCUT2D eigenvalue weighted by Gasteiger charge is 2.24. The van der Waals surface area contributed by atoms with Crippen LogP contribution in [0.4, 0.5) is 5.82 Å². The van der Waals surface area contributed by atoms with E-state index in [1.165, 1.54) is 16.2 Å². The second-order valence-corrected chi connectivity index (χ2v) is 12.2. The Morgan fingerprint density at radius 3 is 2.71 bits per heavy atom. The summed E-state index contributed by atoms with van der Waals surface area (Å²) in [7, 11) is 5.95. The molecule has 7 nitrogen and oxygen atoms in total. The Morgan fingerprint density at radius 2 is 1.95 bits per heavy atom. The van der Waals surface area contributed by atoms with Crippen LogP contribution in [0.2, 0.25) is 0 Å². The molecule has 3 aromatic rings. The van der Waals surface area contributed by atoms with Crippen LogP contribution in [0.5, 0.6) is 5.75 Å². The van der Waals surface area contributed by atoms with Gasteiger partial charge in [-0.2, -0.15) is 0 Å². The maximum atomic E-state index is 6.29. The number of pyridine rings is 1. The molecule has 0 saturated carbocycles. The number of hydrogen-bond acceptors (Lipinski definition) is 8. The van der Waals surface area contributed by atoms with Crippen LogP contribution in [-0.2, 0) is 19.5 Å². The first-order valence-electron chi connectivity index (χ1n) is 13.1. The molecule has 0 amide bonds. The summed E-state index contributed by atoms with van der Waals surface area (Å²) >= 11 is 5.48. The lowest BCUT2D eigenvalue weighted by Gasteiger charge is -2.24. The molecule has 9 heteroatoms. The fourth-order valence-electron chi connectivity index (χ4n) is 5.11. The number of hydrogen-bond donors (Lipinski definition) is 0. The molecule has 0 fully saturated rings. The summed E-state index contributed by atoms with van der Waals surface area (Å²) in [5, 5.41) is 2.25. The van der Waals surface area contributed by atoms with Gasteiger partial charge in [0.2, 0.25) is 0 Å². The molecule has 1 atom stereocenters. The van der Waals surface area contributed by atoms with Crippen LogP contribution >= 0.6 is 27.7 Å². The van der Waals surface area contributed by atoms with Gasteiger partial charge >= 0.3 is 0 Å². The van der Waals surface area contributed by atoms with Crippen molar-refractivity contribution in [2.24, 2.45) is 10.9 Å². The van der Waals surface area contributed by atoms with E-state index in [-0.39, 0.29) is 0 Å². The van der Waals surface area contributed by atoms with Crippen LogP contribution in [-0.4, -0.2) is 59.2 Å². The zero-order chi connectivity index (χ0) is 27.0. The van der Waals surface area contributed by atoms with Crippen molar-refractivity contribution < 1.29 is 4.74 Å². The van der Waals surface area contributed by atoms with Crippen molar-refractivity contribution in [3.8, 4) is 16.9 Å². The molecule has 1 unspecified atom stereocenters. The van der Waals surface area contributed by atoms with E-state index in [0.717, 1.165) is 68.7 Å². The van der Waals surface area contributed by atoms with Crippen LogP contribution in [0.25, 0.3) is 11.1 Å². The third-order valence-electron chi connectivity index (χ3n) is 7.07. The molecule has 2 aromatic heterocycles. The van der Waals surface area contributed by atoms with Gasteiger partial charge in [0.15, 0.2) is 0 Å². The van der Waals surface area contributed by atoms with Crippen molar-refractivity contribution in [2.75, 3.05) is 39.2 Å². The summed E-state index contributed by atoms with van der Waals surface area (Å²) in [6, 6.07) is 6.80. The van der Waals surface area contributed by atoms with Gasteiger partial charge in [-0.1, -0.05) is 18.7 Å². The Kier molecular flexibility index (Phi) is 8.07. The molecule has 0 aliphatic carbocycles. The predicted molar refractivity (Wildman–Crippen MR) is 160 cm³/mol. The molecule has 5 rings (SSSR count). The molecule has 2 aliphatic heterocycles. The number of fused-ring (bicyclic) bond motifs is 2. The SMILES string of the molecule is CN=C1Sc2ncc(-c3cc(C)c4c(c3)CN(c3nc(CN(C)C)nc(C)c3Br)CCO4)cc2CCC1C. The Labute approximate surface area is 238 Å². The smallest absolute Gasteiger partial charge is 0.147 e. The van der Waals surface area contributed by atoms with Gasteiger partial charge in [-0.15, -0.1) is 0 Å². The summed E-state index contributed by atoms with van der Waals surface area (Å²) in [4.78, 5) is 23.4. The number of anilines is 1. The van der Waals surface area contributed by atoms with E-state index in [9.17, 15) is 0 Å². The summed E-state index contributed by atoms with van der Waals surface area (Å²) in [6.45, 7) is 9.17. The van der Waals surface area contributed by atoms with Gasteiger partial charge in [-0.25, -0.2) is 15.0 Å². The minimum atomic E-state index is 0.462. The first kappa shape index (κ1) is 27.1. The van der Waals surface area contributed by atoms with Crippen molar-refractivity contribution in [3.63, 3.8) is 0 Å². The van der Waals surface area contributed by atoms with E-state index in [4.69, 9.17) is 14.7 Å². The fourth-order valence-corrected chi connectivity index (χ4v) is 6.55.